The van der Waals surface area contributed by atoms with Crippen LogP contribution in [0.1, 0.15) is 23.2 Å². The first kappa shape index (κ1) is 13.1. The average Bonchev–Trinajstić information content (AvgIpc) is 2.48. The second-order valence-corrected chi connectivity index (χ2v) is 5.62. The maximum absolute atomic E-state index is 6.06. The van der Waals surface area contributed by atoms with E-state index in [0.29, 0.717) is 6.04 Å². The molecule has 1 unspecified atom stereocenters. The van der Waals surface area contributed by atoms with Crippen LogP contribution < -0.4 is 5.73 Å². The maximum Gasteiger partial charge on any atom is 0.0543 e. The van der Waals surface area contributed by atoms with Gasteiger partial charge in [-0.05, 0) is 55.6 Å². The number of nitrogens with two attached hydrogens (primary N) is 1. The molecule has 0 amide bonds. The third kappa shape index (κ3) is 2.68. The number of fused-ring (bicyclic) bond motifs is 1. The van der Waals surface area contributed by atoms with Gasteiger partial charge < -0.3 is 5.73 Å². The molecule has 0 spiro atoms. The third-order valence-corrected chi connectivity index (χ3v) is 4.25. The van der Waals surface area contributed by atoms with Gasteiger partial charge in [0.05, 0.1) is 5.69 Å². The summed E-state index contributed by atoms with van der Waals surface area (Å²) in [6.07, 6.45) is 5.20. The summed E-state index contributed by atoms with van der Waals surface area (Å²) >= 11 is 0. The lowest BCUT2D eigenvalue weighted by Crippen LogP contribution is -2.36. The monoisotopic (exact) mass is 267 g/mol. The van der Waals surface area contributed by atoms with E-state index in [2.05, 4.69) is 35.1 Å². The van der Waals surface area contributed by atoms with Crippen molar-refractivity contribution < 1.29 is 0 Å². The lowest BCUT2D eigenvalue weighted by Gasteiger charge is -2.32. The Hall–Kier alpha value is -1.87. The molecule has 104 valence electrons. The molecule has 0 saturated heterocycles. The molecule has 1 atom stereocenters. The number of likely N-dealkylation sites (N-methyl/N-ethyl adjacent to an activating group) is 1. The largest absolute Gasteiger partial charge is 0.398 e. The summed E-state index contributed by atoms with van der Waals surface area (Å²) in [7, 11) is 2.19. The molecule has 1 aromatic heterocycles. The zero-order valence-corrected chi connectivity index (χ0v) is 11.9. The van der Waals surface area contributed by atoms with Crippen molar-refractivity contribution in [2.24, 2.45) is 0 Å². The van der Waals surface area contributed by atoms with E-state index in [-0.39, 0.29) is 0 Å². The van der Waals surface area contributed by atoms with E-state index in [1.54, 1.807) is 0 Å². The molecule has 3 rings (SSSR count). The maximum atomic E-state index is 6.06. The molecule has 0 saturated carbocycles. The van der Waals surface area contributed by atoms with Crippen LogP contribution in [0.15, 0.2) is 42.6 Å². The Kier molecular flexibility index (Phi) is 3.70. The predicted molar refractivity (Wildman–Crippen MR) is 82.4 cm³/mol. The number of pyridine rings is 1. The number of hydrogen-bond donors (Lipinski definition) is 1. The summed E-state index contributed by atoms with van der Waals surface area (Å²) in [4.78, 5) is 6.82. The van der Waals surface area contributed by atoms with E-state index in [1.165, 1.54) is 17.5 Å². The van der Waals surface area contributed by atoms with E-state index < -0.39 is 0 Å². The summed E-state index contributed by atoms with van der Waals surface area (Å²) in [5.74, 6) is 0. The molecule has 1 aromatic carbocycles. The van der Waals surface area contributed by atoms with Gasteiger partial charge in [-0.25, -0.2) is 0 Å². The van der Waals surface area contributed by atoms with Crippen molar-refractivity contribution in [3.05, 3.63) is 59.4 Å². The van der Waals surface area contributed by atoms with Gasteiger partial charge >= 0.3 is 0 Å². The lowest BCUT2D eigenvalue weighted by atomic mass is 9.86. The van der Waals surface area contributed by atoms with Crippen LogP contribution in [0.25, 0.3) is 0 Å². The number of hydrogen-bond acceptors (Lipinski definition) is 3. The first-order valence-corrected chi connectivity index (χ1v) is 7.20. The highest BCUT2D eigenvalue weighted by molar-refractivity contribution is 5.52. The van der Waals surface area contributed by atoms with E-state index in [1.807, 2.05) is 24.4 Å². The molecular formula is C17H21N3. The predicted octanol–water partition coefficient (Wildman–Crippen LogP) is 2.65. The van der Waals surface area contributed by atoms with Crippen LogP contribution in [0.3, 0.4) is 0 Å². The van der Waals surface area contributed by atoms with Crippen LogP contribution in [0.4, 0.5) is 5.69 Å². The summed E-state index contributed by atoms with van der Waals surface area (Å²) in [5, 5.41) is 0. The fourth-order valence-corrected chi connectivity index (χ4v) is 3.07. The Balaban J connectivity index is 1.70. The van der Waals surface area contributed by atoms with Gasteiger partial charge in [0.2, 0.25) is 0 Å². The molecule has 3 heteroatoms. The van der Waals surface area contributed by atoms with Crippen LogP contribution in [0, 0.1) is 0 Å². The van der Waals surface area contributed by atoms with E-state index in [0.717, 1.165) is 30.8 Å². The Bertz CT molecular complexity index is 580. The normalized spacial score (nSPS) is 18.0. The Morgan fingerprint density at radius 1 is 1.25 bits per heavy atom. The third-order valence-electron chi connectivity index (χ3n) is 4.25. The molecule has 3 nitrogen and oxygen atoms in total. The number of anilines is 1. The quantitative estimate of drug-likeness (QED) is 0.869. The fourth-order valence-electron chi connectivity index (χ4n) is 3.07. The Labute approximate surface area is 120 Å². The lowest BCUT2D eigenvalue weighted by molar-refractivity contribution is 0.212. The topological polar surface area (TPSA) is 42.2 Å². The second kappa shape index (κ2) is 5.63. The number of aromatic nitrogens is 1. The van der Waals surface area contributed by atoms with Gasteiger partial charge in [-0.3, -0.25) is 9.88 Å². The van der Waals surface area contributed by atoms with Crippen LogP contribution in [0.2, 0.25) is 0 Å². The highest BCUT2D eigenvalue weighted by Crippen LogP contribution is 2.28. The van der Waals surface area contributed by atoms with Gasteiger partial charge in [0, 0.05) is 24.5 Å². The standard InChI is InChI=1S/C17H21N3/c1-20(12-14-6-2-3-10-19-14)15-8-9-16-13(11-15)5-4-7-17(16)18/h2-7,10,15H,8-9,11-12,18H2,1H3. The van der Waals surface area contributed by atoms with Crippen LogP contribution >= 0.6 is 0 Å². The summed E-state index contributed by atoms with van der Waals surface area (Å²) < 4.78 is 0. The van der Waals surface area contributed by atoms with Crippen molar-refractivity contribution in [2.75, 3.05) is 12.8 Å². The molecule has 2 aromatic rings. The fraction of sp³-hybridized carbons (Fsp3) is 0.353. The van der Waals surface area contributed by atoms with Crippen LogP contribution in [-0.2, 0) is 19.4 Å². The average molecular weight is 267 g/mol. The SMILES string of the molecule is CN(Cc1ccccn1)C1CCc2c(N)cccc2C1. The Morgan fingerprint density at radius 3 is 2.95 bits per heavy atom. The molecule has 2 N–H and O–H groups in total. The van der Waals surface area contributed by atoms with Crippen molar-refractivity contribution in [2.45, 2.75) is 31.8 Å². The van der Waals surface area contributed by atoms with Gasteiger partial charge in [-0.15, -0.1) is 0 Å². The number of rotatable bonds is 3. The Morgan fingerprint density at radius 2 is 2.15 bits per heavy atom. The van der Waals surface area contributed by atoms with E-state index in [4.69, 9.17) is 5.73 Å². The molecule has 0 bridgehead atoms. The number of benzene rings is 1. The van der Waals surface area contributed by atoms with Gasteiger partial charge in [-0.2, -0.15) is 0 Å². The first-order valence-electron chi connectivity index (χ1n) is 7.20. The summed E-state index contributed by atoms with van der Waals surface area (Å²) in [6.45, 7) is 0.906. The summed E-state index contributed by atoms with van der Waals surface area (Å²) in [5.41, 5.74) is 10.9. The molecule has 20 heavy (non-hydrogen) atoms. The van der Waals surface area contributed by atoms with Crippen molar-refractivity contribution >= 4 is 5.69 Å². The van der Waals surface area contributed by atoms with E-state index >= 15 is 0 Å². The minimum absolute atomic E-state index is 0.575. The number of nitrogens with zero attached hydrogens (tertiary/aromatic N) is 2. The van der Waals surface area contributed by atoms with Crippen LogP contribution in [-0.4, -0.2) is 23.0 Å². The molecule has 1 heterocycles. The molecule has 1 aliphatic rings. The smallest absolute Gasteiger partial charge is 0.0543 e. The molecule has 1 aliphatic carbocycles. The van der Waals surface area contributed by atoms with Crippen LogP contribution in [0.5, 0.6) is 0 Å². The number of nitrogen functional groups attached to an aromatic ring is 1. The minimum Gasteiger partial charge on any atom is -0.398 e. The van der Waals surface area contributed by atoms with Gasteiger partial charge in [0.1, 0.15) is 0 Å². The summed E-state index contributed by atoms with van der Waals surface area (Å²) in [6, 6.07) is 13.0. The van der Waals surface area contributed by atoms with Gasteiger partial charge in [-0.1, -0.05) is 18.2 Å². The van der Waals surface area contributed by atoms with Crippen molar-refractivity contribution in [1.29, 1.82) is 0 Å². The molecule has 0 aliphatic heterocycles. The van der Waals surface area contributed by atoms with Gasteiger partial charge in [0.25, 0.3) is 0 Å². The molecular weight excluding hydrogens is 246 g/mol. The van der Waals surface area contributed by atoms with Crippen molar-refractivity contribution in [1.82, 2.24) is 9.88 Å². The minimum atomic E-state index is 0.575. The van der Waals surface area contributed by atoms with Crippen molar-refractivity contribution in [3.63, 3.8) is 0 Å². The first-order chi connectivity index (χ1) is 9.74. The highest BCUT2D eigenvalue weighted by Gasteiger charge is 2.23. The molecule has 0 radical (unpaired) electrons. The van der Waals surface area contributed by atoms with Gasteiger partial charge in [0.15, 0.2) is 0 Å². The zero-order valence-electron chi connectivity index (χ0n) is 11.9. The second-order valence-electron chi connectivity index (χ2n) is 5.62. The van der Waals surface area contributed by atoms with E-state index in [9.17, 15) is 0 Å². The zero-order chi connectivity index (χ0) is 13.9. The highest BCUT2D eigenvalue weighted by atomic mass is 15.1. The van der Waals surface area contributed by atoms with Crippen molar-refractivity contribution in [3.8, 4) is 0 Å². The molecule has 0 fully saturated rings.